The van der Waals surface area contributed by atoms with Crippen LogP contribution < -0.4 is 10.2 Å². The van der Waals surface area contributed by atoms with E-state index in [2.05, 4.69) is 10.5 Å². The summed E-state index contributed by atoms with van der Waals surface area (Å²) in [5.41, 5.74) is 1.13. The number of carbonyl (C=O) groups excluding carboxylic acids is 2. The maximum atomic E-state index is 12.4. The average Bonchev–Trinajstić information content (AvgIpc) is 2.89. The minimum Gasteiger partial charge on any atom is -0.359 e. The van der Waals surface area contributed by atoms with Gasteiger partial charge < -0.3 is 9.84 Å². The SMILES string of the molecule is CCc1noc(C)c1N1C(=O)N[C@@H]([C@@H](C)CC)C1=O. The summed E-state index contributed by atoms with van der Waals surface area (Å²) < 4.78 is 5.09. The van der Waals surface area contributed by atoms with Gasteiger partial charge in [-0.2, -0.15) is 0 Å². The predicted octanol–water partition coefficient (Wildman–Crippen LogP) is 2.02. The normalized spacial score (nSPS) is 20.8. The van der Waals surface area contributed by atoms with Crippen molar-refractivity contribution in [3.63, 3.8) is 0 Å². The molecule has 1 saturated heterocycles. The average molecular weight is 265 g/mol. The Kier molecular flexibility index (Phi) is 3.59. The van der Waals surface area contributed by atoms with Crippen LogP contribution in [0, 0.1) is 12.8 Å². The van der Waals surface area contributed by atoms with Crippen LogP contribution in [-0.4, -0.2) is 23.1 Å². The Morgan fingerprint density at radius 2 is 2.11 bits per heavy atom. The first-order chi connectivity index (χ1) is 9.01. The molecule has 6 nitrogen and oxygen atoms in total. The number of urea groups is 1. The Bertz CT molecular complexity index is 509. The van der Waals surface area contributed by atoms with Crippen molar-refractivity contribution < 1.29 is 14.1 Å². The lowest BCUT2D eigenvalue weighted by Crippen LogP contribution is -2.36. The summed E-state index contributed by atoms with van der Waals surface area (Å²) in [6, 6.07) is -0.854. The summed E-state index contributed by atoms with van der Waals surface area (Å²) in [6.07, 6.45) is 1.44. The second-order valence-electron chi connectivity index (χ2n) is 4.87. The molecule has 0 aliphatic carbocycles. The molecule has 19 heavy (non-hydrogen) atoms. The number of nitrogens with one attached hydrogen (secondary N) is 1. The zero-order chi connectivity index (χ0) is 14.2. The molecule has 0 aromatic carbocycles. The summed E-state index contributed by atoms with van der Waals surface area (Å²) >= 11 is 0. The van der Waals surface area contributed by atoms with E-state index >= 15 is 0 Å². The van der Waals surface area contributed by atoms with Gasteiger partial charge in [0.25, 0.3) is 5.91 Å². The quantitative estimate of drug-likeness (QED) is 0.845. The molecule has 1 aromatic rings. The van der Waals surface area contributed by atoms with Crippen LogP contribution in [0.15, 0.2) is 4.52 Å². The van der Waals surface area contributed by atoms with Gasteiger partial charge in [0.2, 0.25) is 0 Å². The van der Waals surface area contributed by atoms with E-state index in [1.54, 1.807) is 6.92 Å². The fraction of sp³-hybridized carbons (Fsp3) is 0.615. The van der Waals surface area contributed by atoms with Crippen LogP contribution in [-0.2, 0) is 11.2 Å². The molecule has 2 rings (SSSR count). The summed E-state index contributed by atoms with van der Waals surface area (Å²) in [5.74, 6) is 0.372. The van der Waals surface area contributed by atoms with Crippen LogP contribution in [0.2, 0.25) is 0 Å². The van der Waals surface area contributed by atoms with Crippen molar-refractivity contribution in [3.05, 3.63) is 11.5 Å². The van der Waals surface area contributed by atoms with Gasteiger partial charge in [0.15, 0.2) is 5.76 Å². The van der Waals surface area contributed by atoms with Gasteiger partial charge in [0, 0.05) is 0 Å². The van der Waals surface area contributed by atoms with Crippen molar-refractivity contribution >= 4 is 17.6 Å². The molecule has 2 heterocycles. The van der Waals surface area contributed by atoms with Gasteiger partial charge in [-0.3, -0.25) is 4.79 Å². The van der Waals surface area contributed by atoms with E-state index in [-0.39, 0.29) is 11.8 Å². The number of amides is 3. The monoisotopic (exact) mass is 265 g/mol. The molecule has 6 heteroatoms. The minimum atomic E-state index is -0.462. The second-order valence-corrected chi connectivity index (χ2v) is 4.87. The van der Waals surface area contributed by atoms with Gasteiger partial charge in [0.1, 0.15) is 17.4 Å². The Hall–Kier alpha value is -1.85. The topological polar surface area (TPSA) is 75.4 Å². The van der Waals surface area contributed by atoms with E-state index < -0.39 is 12.1 Å². The lowest BCUT2D eigenvalue weighted by molar-refractivity contribution is -0.119. The molecule has 0 bridgehead atoms. The molecular weight excluding hydrogens is 246 g/mol. The summed E-state index contributed by atoms with van der Waals surface area (Å²) in [5, 5.41) is 6.63. The van der Waals surface area contributed by atoms with E-state index in [1.807, 2.05) is 20.8 Å². The van der Waals surface area contributed by atoms with Gasteiger partial charge in [-0.05, 0) is 19.3 Å². The number of aromatic nitrogens is 1. The van der Waals surface area contributed by atoms with Crippen LogP contribution in [0.5, 0.6) is 0 Å². The van der Waals surface area contributed by atoms with Crippen LogP contribution in [0.25, 0.3) is 0 Å². The van der Waals surface area contributed by atoms with E-state index in [0.29, 0.717) is 23.6 Å². The fourth-order valence-electron chi connectivity index (χ4n) is 2.26. The Balaban J connectivity index is 2.38. The van der Waals surface area contributed by atoms with Crippen LogP contribution in [0.1, 0.15) is 38.6 Å². The molecule has 3 amide bonds. The van der Waals surface area contributed by atoms with Crippen molar-refractivity contribution in [2.45, 2.75) is 46.6 Å². The second kappa shape index (κ2) is 5.03. The maximum absolute atomic E-state index is 12.4. The molecule has 1 N–H and O–H groups in total. The van der Waals surface area contributed by atoms with E-state index in [4.69, 9.17) is 4.52 Å². The highest BCUT2D eigenvalue weighted by Gasteiger charge is 2.43. The first-order valence-electron chi connectivity index (χ1n) is 6.60. The zero-order valence-electron chi connectivity index (χ0n) is 11.7. The highest BCUT2D eigenvalue weighted by atomic mass is 16.5. The third-order valence-corrected chi connectivity index (χ3v) is 3.64. The van der Waals surface area contributed by atoms with E-state index in [0.717, 1.165) is 6.42 Å². The molecule has 0 unspecified atom stereocenters. The number of rotatable bonds is 4. The molecule has 0 spiro atoms. The van der Waals surface area contributed by atoms with Crippen molar-refractivity contribution in [1.29, 1.82) is 0 Å². The minimum absolute atomic E-state index is 0.103. The molecule has 2 atom stereocenters. The van der Waals surface area contributed by atoms with Gasteiger partial charge >= 0.3 is 6.03 Å². The lowest BCUT2D eigenvalue weighted by Gasteiger charge is -2.16. The molecular formula is C13H19N3O3. The van der Waals surface area contributed by atoms with Crippen LogP contribution in [0.4, 0.5) is 10.5 Å². The smallest absolute Gasteiger partial charge is 0.329 e. The number of anilines is 1. The molecule has 104 valence electrons. The first kappa shape index (κ1) is 13.6. The van der Waals surface area contributed by atoms with E-state index in [1.165, 1.54) is 4.90 Å². The highest BCUT2D eigenvalue weighted by Crippen LogP contribution is 2.29. The number of hydrogen-bond donors (Lipinski definition) is 1. The van der Waals surface area contributed by atoms with Gasteiger partial charge in [-0.1, -0.05) is 32.3 Å². The van der Waals surface area contributed by atoms with Crippen molar-refractivity contribution in [3.8, 4) is 0 Å². The number of carbonyl (C=O) groups is 2. The van der Waals surface area contributed by atoms with E-state index in [9.17, 15) is 9.59 Å². The molecule has 1 aliphatic heterocycles. The predicted molar refractivity (Wildman–Crippen MR) is 69.9 cm³/mol. The molecule has 0 radical (unpaired) electrons. The standard InChI is InChI=1S/C13H19N3O3/c1-5-7(3)10-12(17)16(13(18)14-10)11-8(4)19-15-9(11)6-2/h7,10H,5-6H2,1-4H3,(H,14,18)/t7-,10-/m0/s1. The van der Waals surface area contributed by atoms with Gasteiger partial charge in [0.05, 0.1) is 0 Å². The van der Waals surface area contributed by atoms with Gasteiger partial charge in [-0.15, -0.1) is 0 Å². The van der Waals surface area contributed by atoms with Gasteiger partial charge in [-0.25, -0.2) is 9.69 Å². The zero-order valence-corrected chi connectivity index (χ0v) is 11.7. The largest absolute Gasteiger partial charge is 0.359 e. The Morgan fingerprint density at radius 1 is 1.42 bits per heavy atom. The Labute approximate surface area is 112 Å². The molecule has 0 saturated carbocycles. The van der Waals surface area contributed by atoms with Crippen LogP contribution in [0.3, 0.4) is 0 Å². The molecule has 1 fully saturated rings. The van der Waals surface area contributed by atoms with Crippen molar-refractivity contribution in [2.24, 2.45) is 5.92 Å². The summed E-state index contributed by atoms with van der Waals surface area (Å²) in [7, 11) is 0. The maximum Gasteiger partial charge on any atom is 0.329 e. The number of hydrogen-bond acceptors (Lipinski definition) is 4. The third-order valence-electron chi connectivity index (χ3n) is 3.64. The highest BCUT2D eigenvalue weighted by molar-refractivity contribution is 6.22. The number of imide groups is 1. The summed E-state index contributed by atoms with van der Waals surface area (Å²) in [6.45, 7) is 7.56. The lowest BCUT2D eigenvalue weighted by atomic mass is 9.99. The third kappa shape index (κ3) is 2.11. The summed E-state index contributed by atoms with van der Waals surface area (Å²) in [4.78, 5) is 25.6. The van der Waals surface area contributed by atoms with Crippen molar-refractivity contribution in [1.82, 2.24) is 10.5 Å². The number of aryl methyl sites for hydroxylation is 2. The number of nitrogens with zero attached hydrogens (tertiary/aromatic N) is 2. The molecule has 1 aromatic heterocycles. The van der Waals surface area contributed by atoms with Crippen LogP contribution >= 0.6 is 0 Å². The fourth-order valence-corrected chi connectivity index (χ4v) is 2.26. The first-order valence-corrected chi connectivity index (χ1v) is 6.60. The Morgan fingerprint density at radius 3 is 2.68 bits per heavy atom. The molecule has 1 aliphatic rings. The van der Waals surface area contributed by atoms with Crippen molar-refractivity contribution in [2.75, 3.05) is 4.90 Å².